The molecule has 0 aliphatic heterocycles. The third kappa shape index (κ3) is 3.79. The molecule has 0 radical (unpaired) electrons. The van der Waals surface area contributed by atoms with E-state index in [1.165, 1.54) is 0 Å². The highest BCUT2D eigenvalue weighted by atomic mass is 79.9. The third-order valence-electron chi connectivity index (χ3n) is 2.73. The van der Waals surface area contributed by atoms with Crippen LogP contribution >= 0.6 is 15.9 Å². The number of rotatable bonds is 4. The van der Waals surface area contributed by atoms with Crippen LogP contribution in [-0.4, -0.2) is 14.0 Å². The minimum atomic E-state index is -3.44. The molecule has 3 nitrogen and oxygen atoms in total. The zero-order valence-corrected chi connectivity index (χ0v) is 12.9. The number of benzene rings is 1. The lowest BCUT2D eigenvalue weighted by Crippen LogP contribution is -2.42. The van der Waals surface area contributed by atoms with Crippen LogP contribution in [0.2, 0.25) is 0 Å². The molecule has 0 unspecified atom stereocenters. The highest BCUT2D eigenvalue weighted by Gasteiger charge is 2.24. The lowest BCUT2D eigenvalue weighted by atomic mass is 10.0. The molecule has 0 atom stereocenters. The van der Waals surface area contributed by atoms with Gasteiger partial charge in [0.15, 0.2) is 0 Å². The number of sulfonamides is 1. The number of halogens is 1. The van der Waals surface area contributed by atoms with Crippen LogP contribution in [0.5, 0.6) is 0 Å². The van der Waals surface area contributed by atoms with Crippen molar-refractivity contribution in [1.29, 1.82) is 0 Å². The van der Waals surface area contributed by atoms with Crippen molar-refractivity contribution in [1.82, 2.24) is 4.72 Å². The van der Waals surface area contributed by atoms with Crippen molar-refractivity contribution < 1.29 is 8.42 Å². The van der Waals surface area contributed by atoms with Crippen molar-refractivity contribution in [3.05, 3.63) is 28.2 Å². The standard InChI is InChI=1S/C12H18BrNO2S/c1-5-12(3,4)14-17(15,16)10-6-7-11(13)9(2)8-10/h6-8,14H,5H2,1-4H3. The maximum atomic E-state index is 12.1. The molecular weight excluding hydrogens is 302 g/mol. The van der Waals surface area contributed by atoms with Crippen molar-refractivity contribution >= 4 is 26.0 Å². The molecule has 17 heavy (non-hydrogen) atoms. The summed E-state index contributed by atoms with van der Waals surface area (Å²) in [5.41, 5.74) is 0.474. The van der Waals surface area contributed by atoms with Crippen molar-refractivity contribution in [3.8, 4) is 0 Å². The molecule has 5 heteroatoms. The number of aryl methyl sites for hydroxylation is 1. The van der Waals surface area contributed by atoms with E-state index >= 15 is 0 Å². The SMILES string of the molecule is CCC(C)(C)NS(=O)(=O)c1ccc(Br)c(C)c1. The smallest absolute Gasteiger partial charge is 0.207 e. The summed E-state index contributed by atoms with van der Waals surface area (Å²) >= 11 is 3.36. The highest BCUT2D eigenvalue weighted by molar-refractivity contribution is 9.10. The first-order valence-corrected chi connectivity index (χ1v) is 7.76. The van der Waals surface area contributed by atoms with Crippen LogP contribution < -0.4 is 4.72 Å². The molecule has 0 amide bonds. The average Bonchev–Trinajstić information content (AvgIpc) is 2.20. The fourth-order valence-electron chi connectivity index (χ4n) is 1.28. The monoisotopic (exact) mass is 319 g/mol. The quantitative estimate of drug-likeness (QED) is 0.926. The number of hydrogen-bond acceptors (Lipinski definition) is 2. The summed E-state index contributed by atoms with van der Waals surface area (Å²) in [6.07, 6.45) is 0.738. The first kappa shape index (κ1) is 14.7. The fraction of sp³-hybridized carbons (Fsp3) is 0.500. The zero-order chi connectivity index (χ0) is 13.3. The number of nitrogens with one attached hydrogen (secondary N) is 1. The van der Waals surface area contributed by atoms with E-state index in [0.717, 1.165) is 16.5 Å². The molecule has 1 rings (SSSR count). The molecule has 0 aromatic heterocycles. The molecule has 0 bridgehead atoms. The lowest BCUT2D eigenvalue weighted by molar-refractivity contribution is 0.439. The van der Waals surface area contributed by atoms with Gasteiger partial charge in [-0.25, -0.2) is 13.1 Å². The molecule has 0 aliphatic rings. The van der Waals surface area contributed by atoms with Crippen molar-refractivity contribution in [2.45, 2.75) is 44.6 Å². The normalized spacial score (nSPS) is 12.8. The van der Waals surface area contributed by atoms with Crippen LogP contribution in [-0.2, 0) is 10.0 Å². The van der Waals surface area contributed by atoms with Gasteiger partial charge in [0.2, 0.25) is 10.0 Å². The minimum absolute atomic E-state index is 0.305. The molecule has 0 fully saturated rings. The van der Waals surface area contributed by atoms with Gasteiger partial charge >= 0.3 is 0 Å². The first-order chi connectivity index (χ1) is 7.68. The summed E-state index contributed by atoms with van der Waals surface area (Å²) in [7, 11) is -3.44. The fourth-order valence-corrected chi connectivity index (χ4v) is 3.09. The Morgan fingerprint density at radius 2 is 1.94 bits per heavy atom. The maximum absolute atomic E-state index is 12.1. The second-order valence-electron chi connectivity index (χ2n) is 4.75. The Labute approximate surface area is 112 Å². The van der Waals surface area contributed by atoms with Gasteiger partial charge in [-0.3, -0.25) is 0 Å². The summed E-state index contributed by atoms with van der Waals surface area (Å²) in [4.78, 5) is 0.305. The van der Waals surface area contributed by atoms with E-state index in [0.29, 0.717) is 4.90 Å². The predicted octanol–water partition coefficient (Wildman–Crippen LogP) is 3.22. The van der Waals surface area contributed by atoms with E-state index in [-0.39, 0.29) is 0 Å². The van der Waals surface area contributed by atoms with Gasteiger partial charge in [-0.15, -0.1) is 0 Å². The van der Waals surface area contributed by atoms with E-state index in [4.69, 9.17) is 0 Å². The zero-order valence-electron chi connectivity index (χ0n) is 10.5. The van der Waals surface area contributed by atoms with Gasteiger partial charge in [0.25, 0.3) is 0 Å². The maximum Gasteiger partial charge on any atom is 0.241 e. The molecule has 0 spiro atoms. The summed E-state index contributed by atoms with van der Waals surface area (Å²) in [5, 5.41) is 0. The Kier molecular flexibility index (Phi) is 4.38. The van der Waals surface area contributed by atoms with Crippen molar-refractivity contribution in [2.75, 3.05) is 0 Å². The highest BCUT2D eigenvalue weighted by Crippen LogP contribution is 2.21. The molecule has 0 saturated heterocycles. The lowest BCUT2D eigenvalue weighted by Gasteiger charge is -2.24. The Bertz CT molecular complexity index is 509. The Balaban J connectivity index is 3.10. The molecule has 1 aromatic rings. The molecule has 1 aromatic carbocycles. The van der Waals surface area contributed by atoms with Gasteiger partial charge in [0.05, 0.1) is 4.90 Å². The first-order valence-electron chi connectivity index (χ1n) is 5.48. The van der Waals surface area contributed by atoms with Crippen LogP contribution in [0.25, 0.3) is 0 Å². The van der Waals surface area contributed by atoms with Gasteiger partial charge in [-0.2, -0.15) is 0 Å². The molecule has 0 aliphatic carbocycles. The largest absolute Gasteiger partial charge is 0.241 e. The average molecular weight is 320 g/mol. The van der Waals surface area contributed by atoms with E-state index < -0.39 is 15.6 Å². The van der Waals surface area contributed by atoms with Crippen LogP contribution in [0.1, 0.15) is 32.8 Å². The van der Waals surface area contributed by atoms with Crippen LogP contribution in [0.3, 0.4) is 0 Å². The van der Waals surface area contributed by atoms with Crippen molar-refractivity contribution in [2.24, 2.45) is 0 Å². The predicted molar refractivity (Wildman–Crippen MR) is 73.6 cm³/mol. The van der Waals surface area contributed by atoms with Crippen LogP contribution in [0, 0.1) is 6.92 Å². The molecule has 96 valence electrons. The Hall–Kier alpha value is -0.390. The number of hydrogen-bond donors (Lipinski definition) is 1. The Morgan fingerprint density at radius 3 is 2.41 bits per heavy atom. The summed E-state index contributed by atoms with van der Waals surface area (Å²) in [5.74, 6) is 0. The summed E-state index contributed by atoms with van der Waals surface area (Å²) in [6.45, 7) is 7.57. The van der Waals surface area contributed by atoms with Crippen LogP contribution in [0.4, 0.5) is 0 Å². The van der Waals surface area contributed by atoms with Gasteiger partial charge in [0.1, 0.15) is 0 Å². The van der Waals surface area contributed by atoms with Gasteiger partial charge < -0.3 is 0 Å². The van der Waals surface area contributed by atoms with Crippen molar-refractivity contribution in [3.63, 3.8) is 0 Å². The molecular formula is C12H18BrNO2S. The third-order valence-corrected chi connectivity index (χ3v) is 5.32. The van der Waals surface area contributed by atoms with E-state index in [1.54, 1.807) is 18.2 Å². The van der Waals surface area contributed by atoms with Gasteiger partial charge in [-0.05, 0) is 51.0 Å². The second-order valence-corrected chi connectivity index (χ2v) is 7.29. The topological polar surface area (TPSA) is 46.2 Å². The summed E-state index contributed by atoms with van der Waals surface area (Å²) < 4.78 is 27.9. The summed E-state index contributed by atoms with van der Waals surface area (Å²) in [6, 6.07) is 5.02. The molecule has 1 N–H and O–H groups in total. The van der Waals surface area contributed by atoms with E-state index in [9.17, 15) is 8.42 Å². The Morgan fingerprint density at radius 1 is 1.35 bits per heavy atom. The minimum Gasteiger partial charge on any atom is -0.207 e. The second kappa shape index (κ2) is 5.08. The molecule has 0 heterocycles. The van der Waals surface area contributed by atoms with Crippen LogP contribution in [0.15, 0.2) is 27.6 Å². The van der Waals surface area contributed by atoms with E-state index in [1.807, 2.05) is 27.7 Å². The van der Waals surface area contributed by atoms with Gasteiger partial charge in [-0.1, -0.05) is 22.9 Å². The van der Waals surface area contributed by atoms with Gasteiger partial charge in [0, 0.05) is 10.0 Å². The van der Waals surface area contributed by atoms with E-state index in [2.05, 4.69) is 20.7 Å². The molecule has 0 saturated carbocycles.